The van der Waals surface area contributed by atoms with Crippen LogP contribution in [0.15, 0.2) is 0 Å². The summed E-state index contributed by atoms with van der Waals surface area (Å²) in [5.74, 6) is -0.364. The fraction of sp³-hybridized carbons (Fsp3) is 0.667. The van der Waals surface area contributed by atoms with E-state index in [1.54, 1.807) is 0 Å². The maximum atomic E-state index is 10.0. The molecule has 0 aromatic rings. The second kappa shape index (κ2) is 3.65. The molecule has 0 saturated heterocycles. The topological polar surface area (TPSA) is 81.5 Å². The van der Waals surface area contributed by atoms with E-state index < -0.39 is 5.09 Å². The molecule has 1 N–H and O–H groups in total. The summed E-state index contributed by atoms with van der Waals surface area (Å²) in [6.45, 7) is 0.853. The van der Waals surface area contributed by atoms with Crippen LogP contribution < -0.4 is 5.32 Å². The second-order valence-electron chi connectivity index (χ2n) is 1.23. The van der Waals surface area contributed by atoms with Crippen molar-refractivity contribution in [3.63, 3.8) is 0 Å². The Kier molecular flexibility index (Phi) is 3.11. The molecule has 0 aliphatic heterocycles. The van der Waals surface area contributed by atoms with Crippen molar-refractivity contribution in [2.24, 2.45) is 0 Å². The Morgan fingerprint density at radius 1 is 1.89 bits per heavy atom. The maximum Gasteiger partial charge on any atom is 0.296 e. The van der Waals surface area contributed by atoms with Crippen molar-refractivity contribution >= 4 is 5.91 Å². The van der Waals surface area contributed by atoms with Gasteiger partial charge in [0.25, 0.3) is 5.09 Å². The fourth-order valence-electron chi connectivity index (χ4n) is 0.187. The number of hydrogen-bond acceptors (Lipinski definition) is 4. The summed E-state index contributed by atoms with van der Waals surface area (Å²) in [5.41, 5.74) is 0. The number of rotatable bonds is 3. The highest BCUT2D eigenvalue weighted by molar-refractivity contribution is 5.72. The maximum absolute atomic E-state index is 10.0. The zero-order chi connectivity index (χ0) is 7.28. The van der Waals surface area contributed by atoms with Crippen LogP contribution in [-0.4, -0.2) is 17.7 Å². The van der Waals surface area contributed by atoms with Crippen molar-refractivity contribution in [2.45, 2.75) is 6.92 Å². The Morgan fingerprint density at radius 3 is 2.78 bits per heavy atom. The van der Waals surface area contributed by atoms with Crippen molar-refractivity contribution in [3.05, 3.63) is 10.1 Å². The summed E-state index contributed by atoms with van der Waals surface area (Å²) in [6, 6.07) is 0. The lowest BCUT2D eigenvalue weighted by Crippen LogP contribution is -2.24. The Balaban J connectivity index is 3.10. The molecule has 0 aromatic carbocycles. The first-order valence-electron chi connectivity index (χ1n) is 2.14. The lowest BCUT2D eigenvalue weighted by molar-refractivity contribution is -0.758. The SMILES string of the molecule is CC(=O)NCO[N+](=O)[O-]. The molecule has 9 heavy (non-hydrogen) atoms. The minimum atomic E-state index is -0.976. The first kappa shape index (κ1) is 7.67. The van der Waals surface area contributed by atoms with Gasteiger partial charge >= 0.3 is 0 Å². The van der Waals surface area contributed by atoms with Gasteiger partial charge in [0, 0.05) is 6.92 Å². The predicted octanol–water partition coefficient (Wildman–Crippen LogP) is -0.712. The van der Waals surface area contributed by atoms with Crippen LogP contribution in [0.2, 0.25) is 0 Å². The minimum absolute atomic E-state index is 0.364. The monoisotopic (exact) mass is 134 g/mol. The Morgan fingerprint density at radius 2 is 2.44 bits per heavy atom. The van der Waals surface area contributed by atoms with Gasteiger partial charge in [0.2, 0.25) is 5.91 Å². The van der Waals surface area contributed by atoms with Crippen LogP contribution in [0.5, 0.6) is 0 Å². The first-order valence-corrected chi connectivity index (χ1v) is 2.14. The molecule has 0 aliphatic rings. The molecule has 1 amide bonds. The lowest BCUT2D eigenvalue weighted by Gasteiger charge is -1.96. The van der Waals surface area contributed by atoms with E-state index >= 15 is 0 Å². The van der Waals surface area contributed by atoms with E-state index in [2.05, 4.69) is 10.2 Å². The highest BCUT2D eigenvalue weighted by Gasteiger charge is 1.93. The van der Waals surface area contributed by atoms with Gasteiger partial charge in [-0.2, -0.15) is 0 Å². The number of carbonyl (C=O) groups excluding carboxylic acids is 1. The normalized spacial score (nSPS) is 8.11. The number of nitrogens with one attached hydrogen (secondary N) is 1. The van der Waals surface area contributed by atoms with Crippen LogP contribution in [0, 0.1) is 10.1 Å². The van der Waals surface area contributed by atoms with Gasteiger partial charge in [0.05, 0.1) is 0 Å². The van der Waals surface area contributed by atoms with E-state index in [0.717, 1.165) is 0 Å². The van der Waals surface area contributed by atoms with E-state index in [1.165, 1.54) is 6.92 Å². The molecular weight excluding hydrogens is 128 g/mol. The van der Waals surface area contributed by atoms with Crippen molar-refractivity contribution in [1.82, 2.24) is 5.32 Å². The molecule has 0 aliphatic carbocycles. The molecular formula is C3H6N2O4. The summed E-state index contributed by atoms with van der Waals surface area (Å²) < 4.78 is 0. The van der Waals surface area contributed by atoms with Crippen LogP contribution in [0.25, 0.3) is 0 Å². The van der Waals surface area contributed by atoms with Crippen LogP contribution in [0.1, 0.15) is 6.92 Å². The molecule has 0 heterocycles. The summed E-state index contributed by atoms with van der Waals surface area (Å²) in [5, 5.41) is 10.5. The zero-order valence-electron chi connectivity index (χ0n) is 4.79. The standard InChI is InChI=1S/C3H6N2O4/c1-3(6)4-2-9-5(7)8/h2H2,1H3,(H,4,6). The quantitative estimate of drug-likeness (QED) is 0.314. The molecule has 0 radical (unpaired) electrons. The third-order valence-corrected chi connectivity index (χ3v) is 0.491. The third kappa shape index (κ3) is 6.67. The second-order valence-corrected chi connectivity index (χ2v) is 1.23. The molecule has 52 valence electrons. The highest BCUT2D eigenvalue weighted by atomic mass is 17.0. The largest absolute Gasteiger partial charge is 0.334 e. The van der Waals surface area contributed by atoms with E-state index in [9.17, 15) is 14.9 Å². The van der Waals surface area contributed by atoms with Crippen molar-refractivity contribution in [2.75, 3.05) is 6.73 Å². The fourth-order valence-corrected chi connectivity index (χ4v) is 0.187. The molecule has 0 aromatic heterocycles. The predicted molar refractivity (Wildman–Crippen MR) is 26.8 cm³/mol. The molecule has 0 unspecified atom stereocenters. The Labute approximate surface area is 50.9 Å². The molecule has 6 heteroatoms. The van der Waals surface area contributed by atoms with Crippen LogP contribution in [-0.2, 0) is 9.63 Å². The first-order chi connectivity index (χ1) is 4.13. The van der Waals surface area contributed by atoms with Gasteiger partial charge in [-0.25, -0.2) is 0 Å². The average molecular weight is 134 g/mol. The van der Waals surface area contributed by atoms with E-state index in [0.29, 0.717) is 0 Å². The van der Waals surface area contributed by atoms with E-state index in [1.807, 2.05) is 0 Å². The van der Waals surface area contributed by atoms with Gasteiger partial charge in [-0.1, -0.05) is 0 Å². The summed E-state index contributed by atoms with van der Waals surface area (Å²) >= 11 is 0. The average Bonchev–Trinajstić information content (AvgIpc) is 1.63. The summed E-state index contributed by atoms with van der Waals surface area (Å²) in [7, 11) is 0. The Hall–Kier alpha value is -1.33. The van der Waals surface area contributed by atoms with Gasteiger partial charge in [0.1, 0.15) is 0 Å². The number of nitrogens with zero attached hydrogens (tertiary/aromatic N) is 1. The van der Waals surface area contributed by atoms with Crippen LogP contribution in [0.3, 0.4) is 0 Å². The molecule has 0 fully saturated rings. The van der Waals surface area contributed by atoms with Gasteiger partial charge in [-0.05, 0) is 0 Å². The zero-order valence-corrected chi connectivity index (χ0v) is 4.79. The van der Waals surface area contributed by atoms with Gasteiger partial charge in [-0.3, -0.25) is 9.63 Å². The van der Waals surface area contributed by atoms with E-state index in [4.69, 9.17) is 0 Å². The molecule has 0 spiro atoms. The van der Waals surface area contributed by atoms with Crippen molar-refractivity contribution in [1.29, 1.82) is 0 Å². The number of amides is 1. The van der Waals surface area contributed by atoms with Gasteiger partial charge in [0.15, 0.2) is 6.73 Å². The molecule has 6 nitrogen and oxygen atoms in total. The molecule has 0 atom stereocenters. The van der Waals surface area contributed by atoms with Crippen LogP contribution in [0.4, 0.5) is 0 Å². The molecule has 0 saturated carbocycles. The smallest absolute Gasteiger partial charge is 0.296 e. The number of carbonyl (C=O) groups is 1. The van der Waals surface area contributed by atoms with Gasteiger partial charge in [-0.15, -0.1) is 10.1 Å². The Bertz CT molecular complexity index is 109. The molecule has 0 bridgehead atoms. The van der Waals surface area contributed by atoms with Crippen LogP contribution >= 0.6 is 0 Å². The highest BCUT2D eigenvalue weighted by Crippen LogP contribution is 1.68. The summed E-state index contributed by atoms with van der Waals surface area (Å²) in [4.78, 5) is 23.2. The third-order valence-electron chi connectivity index (χ3n) is 0.491. The van der Waals surface area contributed by atoms with E-state index in [-0.39, 0.29) is 12.6 Å². The number of hydrogen-bond donors (Lipinski definition) is 1. The van der Waals surface area contributed by atoms with Gasteiger partial charge < -0.3 is 5.32 Å². The summed E-state index contributed by atoms with van der Waals surface area (Å²) in [6.07, 6.45) is 0. The minimum Gasteiger partial charge on any atom is -0.334 e. The molecule has 0 rings (SSSR count). The van der Waals surface area contributed by atoms with Crippen molar-refractivity contribution < 1.29 is 14.7 Å². The van der Waals surface area contributed by atoms with Crippen molar-refractivity contribution in [3.8, 4) is 0 Å². The lowest BCUT2D eigenvalue weighted by atomic mass is 10.7.